The van der Waals surface area contributed by atoms with Crippen molar-refractivity contribution >= 4 is 26.0 Å². The molecule has 0 bridgehead atoms. The van der Waals surface area contributed by atoms with Crippen LogP contribution in [0, 0.1) is 20.8 Å². The van der Waals surface area contributed by atoms with E-state index in [1.165, 1.54) is 24.3 Å². The van der Waals surface area contributed by atoms with E-state index in [9.17, 15) is 9.13 Å². The number of hydrogen-bond acceptors (Lipinski definition) is 7. The highest BCUT2D eigenvalue weighted by atomic mass is 35.7. The van der Waals surface area contributed by atoms with Gasteiger partial charge in [-0.15, -0.1) is 0 Å². The van der Waals surface area contributed by atoms with Crippen molar-refractivity contribution in [2.24, 2.45) is 0 Å². The fourth-order valence-electron chi connectivity index (χ4n) is 3.29. The Labute approximate surface area is 220 Å². The zero-order valence-corrected chi connectivity index (χ0v) is 22.9. The third-order valence-corrected chi connectivity index (χ3v) is 7.45. The van der Waals surface area contributed by atoms with Gasteiger partial charge in [0.15, 0.2) is 0 Å². The van der Waals surface area contributed by atoms with Crippen molar-refractivity contribution in [1.82, 2.24) is 0 Å². The molecule has 0 N–H and O–H groups in total. The maximum absolute atomic E-state index is 13.7. The van der Waals surface area contributed by atoms with Gasteiger partial charge in [-0.05, 0) is 98.1 Å². The lowest BCUT2D eigenvalue weighted by atomic mass is 10.2. The number of halogens is 1. The van der Waals surface area contributed by atoms with Crippen molar-refractivity contribution < 1.29 is 31.7 Å². The van der Waals surface area contributed by atoms with Crippen molar-refractivity contribution in [3.05, 3.63) is 114 Å². The second kappa shape index (κ2) is 11.4. The molecule has 4 rings (SSSR count). The maximum atomic E-state index is 13.7. The van der Waals surface area contributed by atoms with Gasteiger partial charge >= 0.3 is 14.8 Å². The molecule has 4 aromatic carbocycles. The second-order valence-electron chi connectivity index (χ2n) is 8.26. The number of hydrogen-bond donors (Lipinski definition) is 0. The Balaban J connectivity index is 1.51. The van der Waals surface area contributed by atoms with Gasteiger partial charge in [-0.2, -0.15) is 4.57 Å². The van der Waals surface area contributed by atoms with Crippen molar-refractivity contribution in [1.29, 1.82) is 0 Å². The van der Waals surface area contributed by atoms with E-state index in [0.717, 1.165) is 16.7 Å². The molecule has 7 nitrogen and oxygen atoms in total. The van der Waals surface area contributed by atoms with Gasteiger partial charge in [0.25, 0.3) is 0 Å². The van der Waals surface area contributed by atoms with Crippen LogP contribution in [0.25, 0.3) is 0 Å². The highest BCUT2D eigenvalue weighted by molar-refractivity contribution is 7.82. The summed E-state index contributed by atoms with van der Waals surface area (Å²) < 4.78 is 54.2. The fourth-order valence-corrected chi connectivity index (χ4v) is 5.78. The lowest BCUT2D eigenvalue weighted by Gasteiger charge is -2.20. The Hall–Kier alpha value is -3.37. The zero-order valence-electron chi connectivity index (χ0n) is 20.4. The minimum Gasteiger partial charge on any atom is -0.405 e. The van der Waals surface area contributed by atoms with Gasteiger partial charge in [-0.3, -0.25) is 0 Å². The van der Waals surface area contributed by atoms with Crippen LogP contribution in [0.3, 0.4) is 0 Å². The Bertz CT molecular complexity index is 1420. The van der Waals surface area contributed by atoms with Crippen molar-refractivity contribution in [3.63, 3.8) is 0 Å². The molecule has 0 aliphatic rings. The molecule has 0 aliphatic carbocycles. The molecule has 0 aliphatic heterocycles. The molecule has 0 aromatic heterocycles. The number of benzene rings is 4. The quantitative estimate of drug-likeness (QED) is 0.180. The van der Waals surface area contributed by atoms with E-state index < -0.39 is 14.8 Å². The summed E-state index contributed by atoms with van der Waals surface area (Å²) in [5.41, 5.74) is 2.75. The van der Waals surface area contributed by atoms with Crippen LogP contribution >= 0.6 is 26.0 Å². The third-order valence-electron chi connectivity index (χ3n) is 4.87. The van der Waals surface area contributed by atoms with E-state index in [1.54, 1.807) is 54.6 Å². The van der Waals surface area contributed by atoms with Crippen molar-refractivity contribution in [2.75, 3.05) is 0 Å². The first kappa shape index (κ1) is 26.7. The van der Waals surface area contributed by atoms with E-state index in [1.807, 2.05) is 39.0 Å². The number of phosphoric acid groups is 1. The third kappa shape index (κ3) is 8.06. The van der Waals surface area contributed by atoms with E-state index in [4.69, 9.17) is 33.9 Å². The van der Waals surface area contributed by atoms with E-state index >= 15 is 0 Å². The molecule has 10 heteroatoms. The van der Waals surface area contributed by atoms with Crippen molar-refractivity contribution in [3.8, 4) is 28.7 Å². The molecule has 37 heavy (non-hydrogen) atoms. The maximum Gasteiger partial charge on any atom is 0.647 e. The number of aryl methyl sites for hydroxylation is 3. The molecule has 1 unspecified atom stereocenters. The first-order valence-electron chi connectivity index (χ1n) is 11.3. The van der Waals surface area contributed by atoms with Gasteiger partial charge in [0.2, 0.25) is 0 Å². The SMILES string of the molecule is Cc1cccc(OP(=O)(Cl)Oc2ccc(OP(=O)(Oc3cccc(C)c3)Oc3cccc(C)c3)cc2)c1. The summed E-state index contributed by atoms with van der Waals surface area (Å²) in [6.45, 7) is 1.66. The smallest absolute Gasteiger partial charge is 0.405 e. The van der Waals surface area contributed by atoms with Gasteiger partial charge in [-0.25, -0.2) is 4.57 Å². The molecule has 0 spiro atoms. The Morgan fingerprint density at radius 3 is 1.22 bits per heavy atom. The van der Waals surface area contributed by atoms with Crippen LogP contribution in [0.4, 0.5) is 0 Å². The van der Waals surface area contributed by atoms with Crippen LogP contribution in [-0.2, 0) is 9.13 Å². The summed E-state index contributed by atoms with van der Waals surface area (Å²) in [5.74, 6) is 1.30. The molecule has 0 fully saturated rings. The van der Waals surface area contributed by atoms with Gasteiger partial charge in [0.1, 0.15) is 28.7 Å². The van der Waals surface area contributed by atoms with Crippen LogP contribution in [0.1, 0.15) is 16.7 Å². The van der Waals surface area contributed by atoms with Crippen LogP contribution in [-0.4, -0.2) is 0 Å². The predicted molar refractivity (Wildman–Crippen MR) is 144 cm³/mol. The first-order chi connectivity index (χ1) is 17.6. The Morgan fingerprint density at radius 1 is 0.486 bits per heavy atom. The average Bonchev–Trinajstić information content (AvgIpc) is 2.80. The predicted octanol–water partition coefficient (Wildman–Crippen LogP) is 9.06. The molecule has 0 amide bonds. The first-order valence-corrected chi connectivity index (χ1v) is 15.2. The summed E-state index contributed by atoms with van der Waals surface area (Å²) >= 11 is 6.01. The highest BCUT2D eigenvalue weighted by Crippen LogP contribution is 2.54. The van der Waals surface area contributed by atoms with Gasteiger partial charge < -0.3 is 22.6 Å². The summed E-state index contributed by atoms with van der Waals surface area (Å²) in [5, 5.41) is 0. The largest absolute Gasteiger partial charge is 0.647 e. The molecule has 192 valence electrons. The normalized spacial score (nSPS) is 12.8. The summed E-state index contributed by atoms with van der Waals surface area (Å²) in [6.07, 6.45) is 0. The minimum atomic E-state index is -4.18. The number of phosphoric ester groups is 1. The van der Waals surface area contributed by atoms with Gasteiger partial charge in [0.05, 0.1) is 0 Å². The highest BCUT2D eigenvalue weighted by Gasteiger charge is 2.33. The molecule has 4 aromatic rings. The summed E-state index contributed by atoms with van der Waals surface area (Å²) in [4.78, 5) is 0. The average molecular weight is 559 g/mol. The topological polar surface area (TPSA) is 80.3 Å². The Morgan fingerprint density at radius 2 is 0.811 bits per heavy atom. The lowest BCUT2D eigenvalue weighted by Crippen LogP contribution is -2.07. The molecule has 1 atom stereocenters. The van der Waals surface area contributed by atoms with Gasteiger partial charge in [-0.1, -0.05) is 36.4 Å². The van der Waals surface area contributed by atoms with Crippen LogP contribution in [0.5, 0.6) is 28.7 Å². The molecular formula is C27H25ClO7P2. The zero-order chi connectivity index (χ0) is 26.5. The van der Waals surface area contributed by atoms with Crippen LogP contribution < -0.4 is 22.6 Å². The van der Waals surface area contributed by atoms with Crippen LogP contribution in [0.2, 0.25) is 0 Å². The molecule has 0 radical (unpaired) electrons. The fraction of sp³-hybridized carbons (Fsp3) is 0.111. The minimum absolute atomic E-state index is 0.160. The summed E-state index contributed by atoms with van der Waals surface area (Å²) in [7, 11) is -4.18. The second-order valence-corrected chi connectivity index (χ2v) is 12.2. The molecular weight excluding hydrogens is 534 g/mol. The Kier molecular flexibility index (Phi) is 8.19. The molecule has 0 saturated heterocycles. The molecule has 0 saturated carbocycles. The van der Waals surface area contributed by atoms with Crippen LogP contribution in [0.15, 0.2) is 97.1 Å². The van der Waals surface area contributed by atoms with Crippen molar-refractivity contribution in [2.45, 2.75) is 20.8 Å². The number of rotatable bonds is 10. The standard InChI is InChI=1S/C27H25ClO7P2/c1-20-7-4-10-25(17-20)32-36(28,29)31-23-13-15-24(16-14-23)33-37(30,34-26-11-5-8-21(2)18-26)35-27-12-6-9-22(3)19-27/h4-19H,1-3H3. The van der Waals surface area contributed by atoms with E-state index in [-0.39, 0.29) is 11.5 Å². The lowest BCUT2D eigenvalue weighted by molar-refractivity contribution is 0.298. The summed E-state index contributed by atoms with van der Waals surface area (Å²) in [6, 6.07) is 26.9. The van der Waals surface area contributed by atoms with E-state index in [0.29, 0.717) is 17.2 Å². The monoisotopic (exact) mass is 558 g/mol. The van der Waals surface area contributed by atoms with E-state index in [2.05, 4.69) is 0 Å². The van der Waals surface area contributed by atoms with Gasteiger partial charge in [0, 0.05) is 11.2 Å². The molecule has 0 heterocycles.